The van der Waals surface area contributed by atoms with Crippen LogP contribution in [0.15, 0.2) is 18.3 Å². The number of hydroxylamine groups is 1. The van der Waals surface area contributed by atoms with Crippen molar-refractivity contribution in [3.8, 4) is 0 Å². The van der Waals surface area contributed by atoms with Gasteiger partial charge in [0.2, 0.25) is 0 Å². The second-order valence-electron chi connectivity index (χ2n) is 5.52. The molecule has 6 nitrogen and oxygen atoms in total. The Hall–Kier alpha value is -1.35. The highest BCUT2D eigenvalue weighted by Gasteiger charge is 2.24. The lowest BCUT2D eigenvalue weighted by Crippen LogP contribution is -2.28. The van der Waals surface area contributed by atoms with Crippen LogP contribution in [0.25, 0.3) is 5.65 Å². The minimum Gasteiger partial charge on any atom is -0.359 e. The van der Waals surface area contributed by atoms with Crippen molar-refractivity contribution in [3.05, 3.63) is 27.6 Å². The van der Waals surface area contributed by atoms with Crippen molar-refractivity contribution >= 4 is 40.0 Å². The van der Waals surface area contributed by atoms with Crippen LogP contribution in [-0.2, 0) is 10.2 Å². The number of carbonyl (C=O) groups excluding carboxylic acids is 1. The lowest BCUT2D eigenvalue weighted by atomic mass is 9.92. The summed E-state index contributed by atoms with van der Waals surface area (Å²) in [6, 6.07) is 3.92. The monoisotopic (exact) mass is 388 g/mol. The molecule has 3 N–H and O–H groups in total. The second kappa shape index (κ2) is 5.57. The van der Waals surface area contributed by atoms with Crippen LogP contribution in [0.1, 0.15) is 26.5 Å². The molecule has 2 rings (SSSR count). The van der Waals surface area contributed by atoms with E-state index in [0.717, 1.165) is 14.9 Å². The Morgan fingerprint density at radius 1 is 1.45 bits per heavy atom. The summed E-state index contributed by atoms with van der Waals surface area (Å²) in [6.45, 7) is 6.25. The van der Waals surface area contributed by atoms with Gasteiger partial charge in [-0.1, -0.05) is 20.8 Å². The third-order valence-electron chi connectivity index (χ3n) is 2.83. The molecule has 0 aliphatic carbocycles. The van der Waals surface area contributed by atoms with Gasteiger partial charge in [-0.3, -0.25) is 10.0 Å². The van der Waals surface area contributed by atoms with E-state index in [-0.39, 0.29) is 12.0 Å². The lowest BCUT2D eigenvalue weighted by molar-refractivity contribution is -0.127. The fraction of sp³-hybridized carbons (Fsp3) is 0.385. The first-order valence-corrected chi connectivity index (χ1v) is 7.25. The van der Waals surface area contributed by atoms with Crippen molar-refractivity contribution in [1.82, 2.24) is 14.9 Å². The number of hydrogen-bond donors (Lipinski definition) is 3. The normalized spacial score (nSPS) is 11.7. The minimum atomic E-state index is -0.503. The Morgan fingerprint density at radius 2 is 2.15 bits per heavy atom. The van der Waals surface area contributed by atoms with E-state index in [1.54, 1.807) is 5.48 Å². The van der Waals surface area contributed by atoms with E-state index in [9.17, 15) is 4.79 Å². The van der Waals surface area contributed by atoms with Crippen LogP contribution in [-0.4, -0.2) is 27.0 Å². The van der Waals surface area contributed by atoms with Gasteiger partial charge in [0.15, 0.2) is 0 Å². The fourth-order valence-corrected chi connectivity index (χ4v) is 2.52. The number of pyridine rings is 1. The Balaban J connectivity index is 2.50. The Labute approximate surface area is 130 Å². The third kappa shape index (κ3) is 3.04. The average molecular weight is 388 g/mol. The second-order valence-corrected chi connectivity index (χ2v) is 6.77. The van der Waals surface area contributed by atoms with Crippen LogP contribution in [0, 0.1) is 3.57 Å². The first-order valence-electron chi connectivity index (χ1n) is 6.18. The van der Waals surface area contributed by atoms with Gasteiger partial charge in [0.05, 0.1) is 12.2 Å². The van der Waals surface area contributed by atoms with Crippen molar-refractivity contribution in [2.75, 3.05) is 11.9 Å². The number of amides is 1. The highest BCUT2D eigenvalue weighted by atomic mass is 127. The molecule has 2 aromatic heterocycles. The number of nitrogens with one attached hydrogen (secondary N) is 2. The molecule has 0 spiro atoms. The summed E-state index contributed by atoms with van der Waals surface area (Å²) in [4.78, 5) is 15.7. The van der Waals surface area contributed by atoms with E-state index in [1.165, 1.54) is 0 Å². The van der Waals surface area contributed by atoms with E-state index >= 15 is 0 Å². The summed E-state index contributed by atoms with van der Waals surface area (Å²) in [6.07, 6.45) is 2.01. The molecular weight excluding hydrogens is 371 g/mol. The van der Waals surface area contributed by atoms with Crippen molar-refractivity contribution in [1.29, 1.82) is 0 Å². The summed E-state index contributed by atoms with van der Waals surface area (Å²) >= 11 is 2.25. The maximum absolute atomic E-state index is 11.2. The van der Waals surface area contributed by atoms with Gasteiger partial charge in [0.1, 0.15) is 11.5 Å². The molecule has 7 heteroatoms. The first-order chi connectivity index (χ1) is 9.32. The van der Waals surface area contributed by atoms with Gasteiger partial charge in [-0.25, -0.2) is 10.5 Å². The third-order valence-corrected chi connectivity index (χ3v) is 3.47. The molecule has 0 saturated heterocycles. The molecule has 108 valence electrons. The number of hydrogen-bond acceptors (Lipinski definition) is 4. The highest BCUT2D eigenvalue weighted by Crippen LogP contribution is 2.30. The SMILES string of the molecule is CC(C)(C)c1c(NCC(=O)NO)nc2ccc(I)cn12. The van der Waals surface area contributed by atoms with E-state index in [2.05, 4.69) is 53.7 Å². The minimum absolute atomic E-state index is 0.0272. The number of fused-ring (bicyclic) bond motifs is 1. The molecule has 0 aliphatic rings. The topological polar surface area (TPSA) is 78.7 Å². The molecule has 20 heavy (non-hydrogen) atoms. The lowest BCUT2D eigenvalue weighted by Gasteiger charge is -2.20. The van der Waals surface area contributed by atoms with Gasteiger partial charge in [-0.15, -0.1) is 0 Å². The first kappa shape index (κ1) is 15.0. The van der Waals surface area contributed by atoms with Crippen molar-refractivity contribution < 1.29 is 10.0 Å². The highest BCUT2D eigenvalue weighted by molar-refractivity contribution is 14.1. The number of nitrogens with zero attached hydrogens (tertiary/aromatic N) is 2. The smallest absolute Gasteiger partial charge is 0.262 e. The van der Waals surface area contributed by atoms with E-state index in [4.69, 9.17) is 5.21 Å². The number of aromatic nitrogens is 2. The van der Waals surface area contributed by atoms with Crippen molar-refractivity contribution in [2.24, 2.45) is 0 Å². The van der Waals surface area contributed by atoms with Gasteiger partial charge < -0.3 is 9.72 Å². The summed E-state index contributed by atoms with van der Waals surface area (Å²) in [5.74, 6) is 0.152. The maximum Gasteiger partial charge on any atom is 0.262 e. The molecule has 0 aromatic carbocycles. The van der Waals surface area contributed by atoms with E-state index in [0.29, 0.717) is 5.82 Å². The molecule has 0 unspecified atom stereocenters. The van der Waals surface area contributed by atoms with Crippen molar-refractivity contribution in [3.63, 3.8) is 0 Å². The number of halogens is 1. The summed E-state index contributed by atoms with van der Waals surface area (Å²) in [5.41, 5.74) is 3.28. The van der Waals surface area contributed by atoms with Gasteiger partial charge in [-0.05, 0) is 34.7 Å². The average Bonchev–Trinajstić information content (AvgIpc) is 2.73. The molecule has 0 atom stereocenters. The van der Waals surface area contributed by atoms with Crippen LogP contribution in [0.2, 0.25) is 0 Å². The van der Waals surface area contributed by atoms with Crippen LogP contribution < -0.4 is 10.8 Å². The molecule has 0 fully saturated rings. The predicted octanol–water partition coefficient (Wildman–Crippen LogP) is 2.15. The fourth-order valence-electron chi connectivity index (χ4n) is 2.06. The van der Waals surface area contributed by atoms with Crippen LogP contribution in [0.3, 0.4) is 0 Å². The maximum atomic E-state index is 11.2. The van der Waals surface area contributed by atoms with Crippen molar-refractivity contribution in [2.45, 2.75) is 26.2 Å². The van der Waals surface area contributed by atoms with Gasteiger partial charge >= 0.3 is 0 Å². The number of imidazole rings is 1. The van der Waals surface area contributed by atoms with Gasteiger partial charge in [-0.2, -0.15) is 0 Å². The zero-order valence-electron chi connectivity index (χ0n) is 11.6. The molecule has 0 bridgehead atoms. The number of carbonyl (C=O) groups is 1. The molecule has 2 aromatic rings. The summed E-state index contributed by atoms with van der Waals surface area (Å²) in [7, 11) is 0. The zero-order chi connectivity index (χ0) is 14.9. The quantitative estimate of drug-likeness (QED) is 0.428. The van der Waals surface area contributed by atoms with E-state index in [1.807, 2.05) is 22.7 Å². The molecule has 2 heterocycles. The standard InChI is InChI=1S/C13H17IN4O2/c1-13(2,3)11-12(15-6-10(19)17-20)16-9-5-4-8(14)7-18(9)11/h4-5,7,15,20H,6H2,1-3H3,(H,17,19). The Kier molecular flexibility index (Phi) is 4.19. The molecule has 0 saturated carbocycles. The molecule has 0 radical (unpaired) electrons. The Morgan fingerprint density at radius 3 is 2.75 bits per heavy atom. The number of anilines is 1. The number of rotatable bonds is 3. The largest absolute Gasteiger partial charge is 0.359 e. The predicted molar refractivity (Wildman–Crippen MR) is 85.0 cm³/mol. The van der Waals surface area contributed by atoms with Gasteiger partial charge in [0.25, 0.3) is 5.91 Å². The molecule has 0 aliphatic heterocycles. The Bertz CT molecular complexity index is 646. The van der Waals surface area contributed by atoms with Crippen LogP contribution >= 0.6 is 22.6 Å². The summed E-state index contributed by atoms with van der Waals surface area (Å²) in [5, 5.41) is 11.5. The summed E-state index contributed by atoms with van der Waals surface area (Å²) < 4.78 is 3.14. The van der Waals surface area contributed by atoms with Crippen LogP contribution in [0.4, 0.5) is 5.82 Å². The van der Waals surface area contributed by atoms with Gasteiger partial charge in [0, 0.05) is 15.2 Å². The molecule has 1 amide bonds. The molecular formula is C13H17IN4O2. The van der Waals surface area contributed by atoms with Crippen LogP contribution in [0.5, 0.6) is 0 Å². The van der Waals surface area contributed by atoms with E-state index < -0.39 is 5.91 Å². The zero-order valence-corrected chi connectivity index (χ0v) is 13.7.